The standard InChI is InChI=1S/C28H43NO2/c1-20-9-8-11-21(15-20)17-24(30)12-13-25-26-18-22(16-23(26)19-27(25)31)10-6-5-7-14-29-28(2,3)4/h8-9,11-13,15-16,23-27,29-31H,5-7,10,14,17-19H2,1-4H3/b13-12+/t23-,24+,25+,26-,27+/m0/s1. The molecule has 3 nitrogen and oxygen atoms in total. The highest BCUT2D eigenvalue weighted by atomic mass is 16.3. The minimum Gasteiger partial charge on any atom is -0.392 e. The first kappa shape index (κ1) is 24.2. The predicted octanol–water partition coefficient (Wildman–Crippen LogP) is 5.35. The first-order valence-corrected chi connectivity index (χ1v) is 12.3. The lowest BCUT2D eigenvalue weighted by molar-refractivity contribution is 0.140. The second kappa shape index (κ2) is 10.9. The zero-order chi connectivity index (χ0) is 22.4. The molecule has 0 bridgehead atoms. The van der Waals surface area contributed by atoms with Crippen LogP contribution in [0.25, 0.3) is 0 Å². The van der Waals surface area contributed by atoms with E-state index >= 15 is 0 Å². The van der Waals surface area contributed by atoms with Crippen LogP contribution in [0.1, 0.15) is 70.4 Å². The van der Waals surface area contributed by atoms with Crippen molar-refractivity contribution in [3.8, 4) is 0 Å². The van der Waals surface area contributed by atoms with E-state index < -0.39 is 6.10 Å². The fourth-order valence-corrected chi connectivity index (χ4v) is 5.31. The second-order valence-corrected chi connectivity index (χ2v) is 10.9. The third-order valence-corrected chi connectivity index (χ3v) is 6.86. The molecular formula is C28H43NO2. The van der Waals surface area contributed by atoms with Crippen LogP contribution in [0.5, 0.6) is 0 Å². The highest BCUT2D eigenvalue weighted by Crippen LogP contribution is 2.48. The largest absolute Gasteiger partial charge is 0.392 e. The molecule has 3 N–H and O–H groups in total. The molecule has 1 aromatic carbocycles. The van der Waals surface area contributed by atoms with Crippen molar-refractivity contribution in [2.75, 3.05) is 6.54 Å². The van der Waals surface area contributed by atoms with Crippen molar-refractivity contribution in [1.82, 2.24) is 5.32 Å². The maximum absolute atomic E-state index is 10.6. The molecule has 0 saturated heterocycles. The Morgan fingerprint density at radius 3 is 2.74 bits per heavy atom. The van der Waals surface area contributed by atoms with Gasteiger partial charge in [-0.2, -0.15) is 0 Å². The van der Waals surface area contributed by atoms with E-state index in [-0.39, 0.29) is 17.6 Å². The molecule has 0 unspecified atom stereocenters. The number of benzene rings is 1. The highest BCUT2D eigenvalue weighted by Gasteiger charge is 2.43. The Balaban J connectivity index is 1.42. The van der Waals surface area contributed by atoms with E-state index in [4.69, 9.17) is 0 Å². The van der Waals surface area contributed by atoms with Crippen molar-refractivity contribution >= 4 is 0 Å². The Hall–Kier alpha value is -1.42. The SMILES string of the molecule is Cc1cccc(C[C@H](O)/C=C/[C@@H]2[C@H]3CC(CCCCCNC(C)(C)C)=C[C@H]3C[C@H]2O)c1. The van der Waals surface area contributed by atoms with Gasteiger partial charge in [0.25, 0.3) is 0 Å². The summed E-state index contributed by atoms with van der Waals surface area (Å²) in [6, 6.07) is 8.31. The van der Waals surface area contributed by atoms with Gasteiger partial charge in [-0.25, -0.2) is 0 Å². The summed E-state index contributed by atoms with van der Waals surface area (Å²) in [5.74, 6) is 1.19. The molecule has 3 rings (SSSR count). The van der Waals surface area contributed by atoms with Gasteiger partial charge in [-0.15, -0.1) is 0 Å². The van der Waals surface area contributed by atoms with Gasteiger partial charge >= 0.3 is 0 Å². The van der Waals surface area contributed by atoms with E-state index in [2.05, 4.69) is 63.4 Å². The lowest BCUT2D eigenvalue weighted by atomic mass is 9.88. The van der Waals surface area contributed by atoms with Crippen molar-refractivity contribution in [2.45, 2.75) is 90.4 Å². The fraction of sp³-hybridized carbons (Fsp3) is 0.643. The zero-order valence-corrected chi connectivity index (χ0v) is 20.0. The third kappa shape index (κ3) is 7.59. The number of hydrogen-bond acceptors (Lipinski definition) is 3. The summed E-state index contributed by atoms with van der Waals surface area (Å²) in [7, 11) is 0. The lowest BCUT2D eigenvalue weighted by Gasteiger charge is -2.20. The third-order valence-electron chi connectivity index (χ3n) is 6.86. The van der Waals surface area contributed by atoms with E-state index in [1.165, 1.54) is 31.2 Å². The van der Waals surface area contributed by atoms with Crippen LogP contribution in [-0.4, -0.2) is 34.5 Å². The van der Waals surface area contributed by atoms with Crippen molar-refractivity contribution < 1.29 is 10.2 Å². The fourth-order valence-electron chi connectivity index (χ4n) is 5.31. The first-order valence-electron chi connectivity index (χ1n) is 12.3. The van der Waals surface area contributed by atoms with E-state index in [0.717, 1.165) is 24.9 Å². The number of rotatable bonds is 10. The topological polar surface area (TPSA) is 52.5 Å². The van der Waals surface area contributed by atoms with Crippen LogP contribution in [0, 0.1) is 24.7 Å². The van der Waals surface area contributed by atoms with Crippen LogP contribution in [0.15, 0.2) is 48.1 Å². The van der Waals surface area contributed by atoms with Gasteiger partial charge in [0.2, 0.25) is 0 Å². The number of unbranched alkanes of at least 4 members (excludes halogenated alkanes) is 2. The summed E-state index contributed by atoms with van der Waals surface area (Å²) >= 11 is 0. The minimum absolute atomic E-state index is 0.168. The smallest absolute Gasteiger partial charge is 0.0761 e. The maximum atomic E-state index is 10.6. The van der Waals surface area contributed by atoms with Crippen LogP contribution in [-0.2, 0) is 6.42 Å². The van der Waals surface area contributed by atoms with Crippen LogP contribution in [0.3, 0.4) is 0 Å². The Kier molecular flexibility index (Phi) is 8.55. The summed E-state index contributed by atoms with van der Waals surface area (Å²) < 4.78 is 0. The van der Waals surface area contributed by atoms with Gasteiger partial charge < -0.3 is 15.5 Å². The number of aryl methyl sites for hydroxylation is 1. The van der Waals surface area contributed by atoms with Gasteiger partial charge in [0.1, 0.15) is 0 Å². The van der Waals surface area contributed by atoms with Gasteiger partial charge in [-0.3, -0.25) is 0 Å². The molecule has 0 spiro atoms. The molecule has 172 valence electrons. The molecule has 1 aromatic rings. The van der Waals surface area contributed by atoms with E-state index in [1.54, 1.807) is 5.57 Å². The van der Waals surface area contributed by atoms with Crippen molar-refractivity contribution in [3.63, 3.8) is 0 Å². The van der Waals surface area contributed by atoms with E-state index in [9.17, 15) is 10.2 Å². The number of hydrogen-bond donors (Lipinski definition) is 3. The molecule has 0 amide bonds. The number of fused-ring (bicyclic) bond motifs is 1. The van der Waals surface area contributed by atoms with Crippen LogP contribution in [0.4, 0.5) is 0 Å². The molecule has 5 atom stereocenters. The molecule has 1 fully saturated rings. The van der Waals surface area contributed by atoms with Crippen molar-refractivity contribution in [2.24, 2.45) is 17.8 Å². The molecule has 0 aromatic heterocycles. The van der Waals surface area contributed by atoms with Gasteiger partial charge in [0, 0.05) is 17.9 Å². The van der Waals surface area contributed by atoms with Gasteiger partial charge in [-0.05, 0) is 83.7 Å². The Morgan fingerprint density at radius 1 is 1.19 bits per heavy atom. The molecule has 2 aliphatic rings. The summed E-state index contributed by atoms with van der Waals surface area (Å²) in [5, 5.41) is 24.6. The number of aliphatic hydroxyl groups is 2. The molecule has 3 heteroatoms. The average Bonchev–Trinajstić information content (AvgIpc) is 3.18. The van der Waals surface area contributed by atoms with Crippen molar-refractivity contribution in [3.05, 3.63) is 59.2 Å². The van der Waals surface area contributed by atoms with Crippen LogP contribution >= 0.6 is 0 Å². The lowest BCUT2D eigenvalue weighted by Crippen LogP contribution is -2.36. The Bertz CT molecular complexity index is 761. The van der Waals surface area contributed by atoms with Gasteiger partial charge in [-0.1, -0.05) is 60.1 Å². The van der Waals surface area contributed by atoms with E-state index in [0.29, 0.717) is 18.3 Å². The van der Waals surface area contributed by atoms with E-state index in [1.807, 2.05) is 12.1 Å². The quantitative estimate of drug-likeness (QED) is 0.350. The molecule has 1 saturated carbocycles. The normalized spacial score (nSPS) is 27.0. The Morgan fingerprint density at radius 2 is 2.00 bits per heavy atom. The zero-order valence-electron chi connectivity index (χ0n) is 20.0. The summed E-state index contributed by atoms with van der Waals surface area (Å²) in [6.45, 7) is 9.83. The monoisotopic (exact) mass is 425 g/mol. The average molecular weight is 426 g/mol. The van der Waals surface area contributed by atoms with Crippen molar-refractivity contribution in [1.29, 1.82) is 0 Å². The first-order chi connectivity index (χ1) is 14.7. The van der Waals surface area contributed by atoms with Gasteiger partial charge in [0.15, 0.2) is 0 Å². The number of nitrogens with one attached hydrogen (secondary N) is 1. The van der Waals surface area contributed by atoms with Crippen LogP contribution < -0.4 is 5.32 Å². The molecule has 31 heavy (non-hydrogen) atoms. The minimum atomic E-state index is -0.497. The summed E-state index contributed by atoms with van der Waals surface area (Å²) in [5.41, 5.74) is 4.18. The highest BCUT2D eigenvalue weighted by molar-refractivity contribution is 5.24. The molecule has 0 heterocycles. The Labute approximate surface area is 189 Å². The molecule has 2 aliphatic carbocycles. The molecule has 0 radical (unpaired) electrons. The summed E-state index contributed by atoms with van der Waals surface area (Å²) in [6.07, 6.45) is 13.3. The summed E-state index contributed by atoms with van der Waals surface area (Å²) in [4.78, 5) is 0. The number of aliphatic hydroxyl groups excluding tert-OH is 2. The predicted molar refractivity (Wildman–Crippen MR) is 130 cm³/mol. The second-order valence-electron chi connectivity index (χ2n) is 10.9. The maximum Gasteiger partial charge on any atom is 0.0761 e. The molecular weight excluding hydrogens is 382 g/mol. The van der Waals surface area contributed by atoms with Gasteiger partial charge in [0.05, 0.1) is 12.2 Å². The number of allylic oxidation sites excluding steroid dienone is 2. The molecule has 0 aliphatic heterocycles. The van der Waals surface area contributed by atoms with Crippen LogP contribution in [0.2, 0.25) is 0 Å².